The van der Waals surface area contributed by atoms with Gasteiger partial charge in [-0.2, -0.15) is 0 Å². The number of fused-ring (bicyclic) bond motifs is 2. The number of rotatable bonds is 13. The van der Waals surface area contributed by atoms with E-state index in [1.165, 1.54) is 48.7 Å². The molecule has 7 nitrogen and oxygen atoms in total. The minimum Gasteiger partial charge on any atom is -0.487 e. The Bertz CT molecular complexity index is 1800. The van der Waals surface area contributed by atoms with Gasteiger partial charge in [-0.1, -0.05) is 50.1 Å². The Morgan fingerprint density at radius 1 is 0.913 bits per heavy atom. The van der Waals surface area contributed by atoms with Crippen LogP contribution in [-0.4, -0.2) is 38.7 Å². The zero-order chi connectivity index (χ0) is 32.1. The van der Waals surface area contributed by atoms with Gasteiger partial charge in [0.05, 0.1) is 27.7 Å². The lowest BCUT2D eigenvalue weighted by Crippen LogP contribution is -2.29. The van der Waals surface area contributed by atoms with Crippen LogP contribution in [0.4, 0.5) is 5.69 Å². The molecule has 0 radical (unpaired) electrons. The van der Waals surface area contributed by atoms with E-state index >= 15 is 0 Å². The van der Waals surface area contributed by atoms with Crippen LogP contribution < -0.4 is 9.64 Å². The number of aromatic nitrogens is 3. The highest BCUT2D eigenvalue weighted by Gasteiger charge is 2.30. The van der Waals surface area contributed by atoms with Crippen molar-refractivity contribution in [2.45, 2.75) is 85.3 Å². The minimum atomic E-state index is -0.951. The highest BCUT2D eigenvalue weighted by atomic mass is 16.5. The van der Waals surface area contributed by atoms with Crippen LogP contribution in [0.5, 0.6) is 5.75 Å². The average Bonchev–Trinajstić information content (AvgIpc) is 3.39. The first-order valence-corrected chi connectivity index (χ1v) is 16.9. The Labute approximate surface area is 272 Å². The van der Waals surface area contributed by atoms with Crippen LogP contribution in [-0.2, 0) is 30.8 Å². The van der Waals surface area contributed by atoms with Gasteiger partial charge in [0, 0.05) is 43.2 Å². The molecule has 1 fully saturated rings. The minimum absolute atomic E-state index is 0.320. The van der Waals surface area contributed by atoms with Gasteiger partial charge >= 0.3 is 5.97 Å². The van der Waals surface area contributed by atoms with Gasteiger partial charge in [-0.25, -0.2) is 9.97 Å². The molecule has 1 aliphatic rings. The van der Waals surface area contributed by atoms with E-state index in [-0.39, 0.29) is 0 Å². The van der Waals surface area contributed by atoms with Crippen LogP contribution >= 0.6 is 0 Å². The summed E-state index contributed by atoms with van der Waals surface area (Å²) in [5.74, 6) is 0.639. The van der Waals surface area contributed by atoms with Crippen LogP contribution in [0.3, 0.4) is 0 Å². The first-order valence-electron chi connectivity index (χ1n) is 16.9. The van der Waals surface area contributed by atoms with Gasteiger partial charge in [0.15, 0.2) is 0 Å². The number of unbranched alkanes of at least 4 members (excludes halogenated alkanes) is 2. The molecule has 6 rings (SSSR count). The fourth-order valence-corrected chi connectivity index (χ4v) is 6.49. The predicted octanol–water partition coefficient (Wildman–Crippen LogP) is 8.59. The van der Waals surface area contributed by atoms with Gasteiger partial charge in [0.2, 0.25) is 0 Å². The van der Waals surface area contributed by atoms with Crippen molar-refractivity contribution < 1.29 is 14.6 Å². The molecule has 0 spiro atoms. The number of benzene rings is 3. The number of hydrogen-bond acceptors (Lipinski definition) is 5. The predicted molar refractivity (Wildman–Crippen MR) is 186 cm³/mol. The number of imidazole rings is 1. The maximum atomic E-state index is 12.1. The second kappa shape index (κ2) is 13.9. The smallest absolute Gasteiger partial charge is 0.309 e. The van der Waals surface area contributed by atoms with Crippen LogP contribution in [0.2, 0.25) is 0 Å². The van der Waals surface area contributed by atoms with E-state index in [0.717, 1.165) is 65.3 Å². The van der Waals surface area contributed by atoms with E-state index < -0.39 is 11.4 Å². The number of aliphatic carboxylic acids is 1. The second-order valence-electron chi connectivity index (χ2n) is 13.4. The number of carboxylic acid groups (broad SMARTS) is 1. The van der Waals surface area contributed by atoms with E-state index in [1.807, 2.05) is 24.3 Å². The number of para-hydroxylation sites is 1. The highest BCUT2D eigenvalue weighted by Crippen LogP contribution is 2.29. The van der Waals surface area contributed by atoms with Crippen molar-refractivity contribution in [1.82, 2.24) is 14.5 Å². The van der Waals surface area contributed by atoms with Crippen molar-refractivity contribution in [2.75, 3.05) is 18.0 Å². The van der Waals surface area contributed by atoms with Gasteiger partial charge in [-0.3, -0.25) is 4.79 Å². The van der Waals surface area contributed by atoms with E-state index in [1.54, 1.807) is 13.8 Å². The number of nitrogens with zero attached hydrogens (tertiary/aromatic N) is 4. The fourth-order valence-electron chi connectivity index (χ4n) is 6.49. The number of anilines is 1. The van der Waals surface area contributed by atoms with Gasteiger partial charge in [-0.15, -0.1) is 0 Å². The molecule has 3 aromatic carbocycles. The summed E-state index contributed by atoms with van der Waals surface area (Å²) in [6, 6.07) is 25.3. The third-order valence-corrected chi connectivity index (χ3v) is 9.27. The SMILES string of the molecule is CCCCCc1cc(COc2ccc3c(c2)nc(CC(C)(C)C(=O)O)n3Cc2ccc(N3CCCCC3)cc2)nc2ccccc12. The number of pyridine rings is 1. The largest absolute Gasteiger partial charge is 0.487 e. The van der Waals surface area contributed by atoms with E-state index in [2.05, 4.69) is 64.9 Å². The molecule has 0 atom stereocenters. The summed E-state index contributed by atoms with van der Waals surface area (Å²) in [5.41, 5.74) is 6.46. The van der Waals surface area contributed by atoms with Crippen LogP contribution in [0.1, 0.15) is 81.9 Å². The van der Waals surface area contributed by atoms with Gasteiger partial charge < -0.3 is 19.3 Å². The van der Waals surface area contributed by atoms with Crippen LogP contribution in [0, 0.1) is 5.41 Å². The molecule has 1 N–H and O–H groups in total. The number of carboxylic acids is 1. The molecular weight excluding hydrogens is 572 g/mol. The summed E-state index contributed by atoms with van der Waals surface area (Å²) in [5, 5.41) is 11.1. The van der Waals surface area contributed by atoms with Crippen LogP contribution in [0.25, 0.3) is 21.9 Å². The van der Waals surface area contributed by atoms with Gasteiger partial charge in [-0.05, 0) is 93.5 Å². The second-order valence-corrected chi connectivity index (χ2v) is 13.4. The van der Waals surface area contributed by atoms with Crippen molar-refractivity contribution >= 4 is 33.6 Å². The van der Waals surface area contributed by atoms with Crippen molar-refractivity contribution in [3.63, 3.8) is 0 Å². The molecule has 2 aromatic heterocycles. The molecule has 46 heavy (non-hydrogen) atoms. The quantitative estimate of drug-likeness (QED) is 0.133. The van der Waals surface area contributed by atoms with Crippen molar-refractivity contribution in [3.05, 3.63) is 95.4 Å². The standard InChI is InChI=1S/C39H46N4O3/c1-4-5-7-12-29-23-30(40-34-14-9-8-13-33(29)34)27-46-32-19-20-36-35(24-32)41-37(25-39(2,3)38(44)45)43(36)26-28-15-17-31(18-16-28)42-21-10-6-11-22-42/h8-9,13-20,23-24H,4-7,10-12,21-22,25-27H2,1-3H3,(H,44,45). The lowest BCUT2D eigenvalue weighted by atomic mass is 9.89. The topological polar surface area (TPSA) is 80.5 Å². The van der Waals surface area contributed by atoms with Gasteiger partial charge in [0.25, 0.3) is 0 Å². The Morgan fingerprint density at radius 2 is 1.70 bits per heavy atom. The molecule has 240 valence electrons. The number of carbonyl (C=O) groups is 1. The van der Waals surface area contributed by atoms with E-state index in [0.29, 0.717) is 19.6 Å². The maximum Gasteiger partial charge on any atom is 0.309 e. The highest BCUT2D eigenvalue weighted by molar-refractivity contribution is 5.82. The Balaban J connectivity index is 1.25. The Hall–Kier alpha value is -4.39. The molecule has 1 aliphatic heterocycles. The summed E-state index contributed by atoms with van der Waals surface area (Å²) in [4.78, 5) is 24.4. The fraction of sp³-hybridized carbons (Fsp3) is 0.410. The molecule has 0 amide bonds. The van der Waals surface area contributed by atoms with Crippen molar-refractivity contribution in [2.24, 2.45) is 5.41 Å². The van der Waals surface area contributed by atoms with Gasteiger partial charge in [0.1, 0.15) is 18.2 Å². The maximum absolute atomic E-state index is 12.1. The molecule has 0 unspecified atom stereocenters. The first-order chi connectivity index (χ1) is 22.3. The number of ether oxygens (including phenoxy) is 1. The van der Waals surface area contributed by atoms with E-state index in [4.69, 9.17) is 14.7 Å². The first kappa shape index (κ1) is 31.6. The molecule has 0 bridgehead atoms. The normalized spacial score (nSPS) is 13.8. The molecule has 7 heteroatoms. The summed E-state index contributed by atoms with van der Waals surface area (Å²) in [6.07, 6.45) is 8.72. The number of piperidine rings is 1. The lowest BCUT2D eigenvalue weighted by Gasteiger charge is -2.29. The molecular formula is C39H46N4O3. The summed E-state index contributed by atoms with van der Waals surface area (Å²) < 4.78 is 8.46. The molecule has 5 aromatic rings. The zero-order valence-corrected chi connectivity index (χ0v) is 27.5. The summed E-state index contributed by atoms with van der Waals surface area (Å²) in [7, 11) is 0. The van der Waals surface area contributed by atoms with Crippen LogP contribution in [0.15, 0.2) is 72.8 Å². The average molecular weight is 619 g/mol. The number of hydrogen-bond donors (Lipinski definition) is 1. The van der Waals surface area contributed by atoms with E-state index in [9.17, 15) is 9.90 Å². The summed E-state index contributed by atoms with van der Waals surface area (Å²) in [6.45, 7) is 8.95. The summed E-state index contributed by atoms with van der Waals surface area (Å²) >= 11 is 0. The molecule has 3 heterocycles. The molecule has 1 saturated heterocycles. The third kappa shape index (κ3) is 7.19. The van der Waals surface area contributed by atoms with Crippen molar-refractivity contribution in [1.29, 1.82) is 0 Å². The third-order valence-electron chi connectivity index (χ3n) is 9.27. The number of aryl methyl sites for hydroxylation is 1. The Kier molecular flexibility index (Phi) is 9.57. The van der Waals surface area contributed by atoms with Crippen molar-refractivity contribution in [3.8, 4) is 5.75 Å². The molecule has 0 saturated carbocycles. The molecule has 0 aliphatic carbocycles. The monoisotopic (exact) mass is 618 g/mol. The lowest BCUT2D eigenvalue weighted by molar-refractivity contribution is -0.146. The Morgan fingerprint density at radius 3 is 2.46 bits per heavy atom. The zero-order valence-electron chi connectivity index (χ0n) is 27.5.